The molecule has 0 fully saturated rings. The Bertz CT molecular complexity index is 323. The van der Waals surface area contributed by atoms with Gasteiger partial charge in [0, 0.05) is 6.61 Å². The number of ether oxygens (including phenoxy) is 1. The highest BCUT2D eigenvalue weighted by molar-refractivity contribution is 8.28. The van der Waals surface area contributed by atoms with Crippen LogP contribution in [0.1, 0.15) is 13.3 Å². The Balaban J connectivity index is 3.85. The van der Waals surface area contributed by atoms with Crippen LogP contribution in [-0.2, 0) is 9.53 Å². The maximum Gasteiger partial charge on any atom is 0.315 e. The van der Waals surface area contributed by atoms with Crippen molar-refractivity contribution in [3.05, 3.63) is 0 Å². The van der Waals surface area contributed by atoms with Gasteiger partial charge in [-0.2, -0.15) is 0 Å². The number of aliphatic hydroxyl groups excluding tert-OH is 2. The van der Waals surface area contributed by atoms with Crippen LogP contribution in [0.25, 0.3) is 0 Å². The van der Waals surface area contributed by atoms with Crippen molar-refractivity contribution >= 4 is 26.9 Å². The van der Waals surface area contributed by atoms with Crippen molar-refractivity contribution in [1.29, 1.82) is 0 Å². The van der Waals surface area contributed by atoms with E-state index in [9.17, 15) is 4.79 Å². The van der Waals surface area contributed by atoms with E-state index in [0.29, 0.717) is 18.8 Å². The lowest BCUT2D eigenvalue weighted by atomic mass is 10.4. The second kappa shape index (κ2) is 7.71. The van der Waals surface area contributed by atoms with Crippen LogP contribution in [0.5, 0.6) is 0 Å². The molecule has 0 saturated carbocycles. The largest absolute Gasteiger partial charge is 0.480 e. The van der Waals surface area contributed by atoms with Crippen LogP contribution in [0.4, 0.5) is 0 Å². The van der Waals surface area contributed by atoms with E-state index in [1.165, 1.54) is 0 Å². The van der Waals surface area contributed by atoms with Crippen LogP contribution in [0.15, 0.2) is 0 Å². The Morgan fingerprint density at radius 1 is 1.47 bits per heavy atom. The van der Waals surface area contributed by atoms with Gasteiger partial charge < -0.3 is 20.1 Å². The second-order valence-electron chi connectivity index (χ2n) is 4.06. The molecule has 0 heterocycles. The summed E-state index contributed by atoms with van der Waals surface area (Å²) in [7, 11) is -1.66. The molecule has 3 N–H and O–H groups in total. The number of carboxylic acids is 1. The summed E-state index contributed by atoms with van der Waals surface area (Å²) >= 11 is 0. The molecule has 2 atom stereocenters. The molecule has 6 heteroatoms. The van der Waals surface area contributed by atoms with Gasteiger partial charge in [-0.15, -0.1) is 0 Å². The van der Waals surface area contributed by atoms with Gasteiger partial charge in [0.1, 0.15) is 6.10 Å². The number of aliphatic hydroxyl groups is 2. The predicted octanol–water partition coefficient (Wildman–Crippen LogP) is -0.112. The normalized spacial score (nSPS) is 15.5. The van der Waals surface area contributed by atoms with Crippen molar-refractivity contribution in [3.63, 3.8) is 0 Å². The number of hydrogen-bond donors (Lipinski definition) is 3. The molecule has 0 aliphatic carbocycles. The zero-order valence-corrected chi connectivity index (χ0v) is 11.0. The monoisotopic (exact) mass is 266 g/mol. The van der Waals surface area contributed by atoms with E-state index in [2.05, 4.69) is 11.7 Å². The van der Waals surface area contributed by atoms with Crippen molar-refractivity contribution in [1.82, 2.24) is 0 Å². The van der Waals surface area contributed by atoms with E-state index < -0.39 is 26.5 Å². The summed E-state index contributed by atoms with van der Waals surface area (Å²) < 4.78 is 5.12. The molecule has 0 saturated heterocycles. The first-order valence-electron chi connectivity index (χ1n) is 5.36. The first-order valence-corrected chi connectivity index (χ1v) is 7.57. The third-order valence-electron chi connectivity index (χ3n) is 2.46. The van der Waals surface area contributed by atoms with Crippen LogP contribution < -0.4 is 0 Å². The average Bonchev–Trinajstić information content (AvgIpc) is 2.26. The van der Waals surface area contributed by atoms with E-state index >= 15 is 0 Å². The minimum atomic E-state index is -1.66. The van der Waals surface area contributed by atoms with E-state index in [1.807, 2.05) is 0 Å². The first kappa shape index (κ1) is 16.4. The van der Waals surface area contributed by atoms with Crippen molar-refractivity contribution in [2.75, 3.05) is 25.6 Å². The summed E-state index contributed by atoms with van der Waals surface area (Å²) in [5, 5.41) is 25.9. The molecular weight excluding hydrogens is 244 g/mol. The van der Waals surface area contributed by atoms with E-state index in [1.54, 1.807) is 6.92 Å². The lowest BCUT2D eigenvalue weighted by Crippen LogP contribution is -2.20. The van der Waals surface area contributed by atoms with E-state index in [0.717, 1.165) is 0 Å². The quantitative estimate of drug-likeness (QED) is 0.400. The summed E-state index contributed by atoms with van der Waals surface area (Å²) in [6, 6.07) is 0. The molecule has 0 radical (unpaired) electrons. The Morgan fingerprint density at radius 3 is 2.53 bits per heavy atom. The summed E-state index contributed by atoms with van der Waals surface area (Å²) in [6.45, 7) is 1.79. The van der Waals surface area contributed by atoms with E-state index in [-0.39, 0.29) is 13.2 Å². The average molecular weight is 266 g/mol. The highest BCUT2D eigenvalue weighted by Gasteiger charge is 2.16. The number of aliphatic carboxylic acids is 1. The molecule has 0 bridgehead atoms. The molecule has 0 aromatic carbocycles. The van der Waals surface area contributed by atoms with Crippen molar-refractivity contribution in [2.45, 2.75) is 24.7 Å². The number of rotatable bonds is 9. The standard InChI is InChI=1S/C11H22O5S/c1-9(11(14)15)17(2,3)6-4-5-16-8-10(13)7-12/h9-10,12-13H,2-8H2,1H3,(H,14,15). The SMILES string of the molecule is C=S(=C)(CCCOCC(O)CO)C(C)C(=O)O. The fourth-order valence-electron chi connectivity index (χ4n) is 1.11. The predicted molar refractivity (Wildman–Crippen MR) is 72.3 cm³/mol. The minimum absolute atomic E-state index is 0.0849. The molecule has 5 nitrogen and oxygen atoms in total. The molecule has 0 rings (SSSR count). The Hall–Kier alpha value is -0.560. The Kier molecular flexibility index (Phi) is 7.45. The fraction of sp³-hybridized carbons (Fsp3) is 0.727. The van der Waals surface area contributed by atoms with Gasteiger partial charge in [-0.1, -0.05) is 11.7 Å². The molecule has 0 aliphatic heterocycles. The molecule has 0 aromatic heterocycles. The molecule has 102 valence electrons. The van der Waals surface area contributed by atoms with Gasteiger partial charge in [0.2, 0.25) is 0 Å². The zero-order chi connectivity index (χ0) is 13.5. The zero-order valence-electron chi connectivity index (χ0n) is 10.2. The van der Waals surface area contributed by atoms with Crippen LogP contribution in [0.3, 0.4) is 0 Å². The third-order valence-corrected chi connectivity index (χ3v) is 5.26. The van der Waals surface area contributed by atoms with Gasteiger partial charge in [-0.05, 0) is 19.1 Å². The molecular formula is C11H22O5S. The Morgan fingerprint density at radius 2 is 2.06 bits per heavy atom. The van der Waals surface area contributed by atoms with Gasteiger partial charge in [-0.25, -0.2) is 9.21 Å². The molecule has 2 unspecified atom stereocenters. The van der Waals surface area contributed by atoms with Gasteiger partial charge in [-0.3, -0.25) is 4.79 Å². The maximum atomic E-state index is 10.8. The summed E-state index contributed by atoms with van der Waals surface area (Å²) in [5.74, 6) is 7.51. The topological polar surface area (TPSA) is 87.0 Å². The summed E-state index contributed by atoms with van der Waals surface area (Å²) in [4.78, 5) is 10.8. The lowest BCUT2D eigenvalue weighted by Gasteiger charge is -2.19. The number of carboxylic acid groups (broad SMARTS) is 1. The van der Waals surface area contributed by atoms with Gasteiger partial charge in [0.25, 0.3) is 0 Å². The van der Waals surface area contributed by atoms with Crippen molar-refractivity contribution < 1.29 is 24.9 Å². The van der Waals surface area contributed by atoms with Gasteiger partial charge >= 0.3 is 5.97 Å². The number of carbonyl (C=O) groups is 1. The van der Waals surface area contributed by atoms with E-state index in [4.69, 9.17) is 20.1 Å². The van der Waals surface area contributed by atoms with Crippen LogP contribution in [0.2, 0.25) is 0 Å². The third kappa shape index (κ3) is 6.68. The molecule has 17 heavy (non-hydrogen) atoms. The lowest BCUT2D eigenvalue weighted by molar-refractivity contribution is -0.136. The van der Waals surface area contributed by atoms with Crippen molar-refractivity contribution in [2.24, 2.45) is 0 Å². The molecule has 0 spiro atoms. The molecule has 0 amide bonds. The van der Waals surface area contributed by atoms with Gasteiger partial charge in [0.05, 0.1) is 18.5 Å². The summed E-state index contributed by atoms with van der Waals surface area (Å²) in [6.07, 6.45) is -0.206. The summed E-state index contributed by atoms with van der Waals surface area (Å²) in [5.41, 5.74) is 0. The van der Waals surface area contributed by atoms with Crippen LogP contribution in [-0.4, -0.2) is 70.0 Å². The fourth-order valence-corrected chi connectivity index (χ4v) is 2.59. The maximum absolute atomic E-state index is 10.8. The van der Waals surface area contributed by atoms with Crippen LogP contribution in [0, 0.1) is 0 Å². The second-order valence-corrected chi connectivity index (χ2v) is 7.40. The highest BCUT2D eigenvalue weighted by atomic mass is 32.2. The smallest absolute Gasteiger partial charge is 0.315 e. The highest BCUT2D eigenvalue weighted by Crippen LogP contribution is 2.27. The Labute approximate surface area is 103 Å². The van der Waals surface area contributed by atoms with Crippen molar-refractivity contribution in [3.8, 4) is 0 Å². The van der Waals surface area contributed by atoms with Crippen LogP contribution >= 0.6 is 9.21 Å². The first-order chi connectivity index (χ1) is 7.81. The number of hydrogen-bond acceptors (Lipinski definition) is 4. The molecule has 0 aromatic rings. The molecule has 0 aliphatic rings. The minimum Gasteiger partial charge on any atom is -0.480 e. The van der Waals surface area contributed by atoms with Gasteiger partial charge in [0.15, 0.2) is 0 Å².